The molecule has 0 saturated carbocycles. The first-order valence-electron chi connectivity index (χ1n) is 6.04. The first-order chi connectivity index (χ1) is 8.98. The molecule has 1 atom stereocenters. The van der Waals surface area contributed by atoms with Crippen LogP contribution in [-0.4, -0.2) is 39.5 Å². The van der Waals surface area contributed by atoms with Crippen LogP contribution in [0.1, 0.15) is 18.5 Å². The lowest BCUT2D eigenvalue weighted by Crippen LogP contribution is -2.31. The second kappa shape index (κ2) is 7.25. The van der Waals surface area contributed by atoms with Crippen LogP contribution < -0.4 is 5.32 Å². The Balaban J connectivity index is 2.82. The quantitative estimate of drug-likeness (QED) is 0.754. The SMILES string of the molecule is CCNC(CS(=O)(=O)CC(=O)OC)c1ccccc1. The monoisotopic (exact) mass is 285 g/mol. The van der Waals surface area contributed by atoms with Gasteiger partial charge in [-0.25, -0.2) is 8.42 Å². The minimum Gasteiger partial charge on any atom is -0.468 e. The van der Waals surface area contributed by atoms with Crippen LogP contribution in [0.2, 0.25) is 0 Å². The number of hydrogen-bond donors (Lipinski definition) is 1. The molecule has 0 heterocycles. The molecular formula is C13H19NO4S. The van der Waals surface area contributed by atoms with E-state index in [0.717, 1.165) is 5.56 Å². The number of rotatable bonds is 7. The van der Waals surface area contributed by atoms with Gasteiger partial charge in [0.2, 0.25) is 0 Å². The van der Waals surface area contributed by atoms with Crippen LogP contribution in [0.3, 0.4) is 0 Å². The second-order valence-corrected chi connectivity index (χ2v) is 6.26. The van der Waals surface area contributed by atoms with E-state index in [1.807, 2.05) is 37.3 Å². The molecular weight excluding hydrogens is 266 g/mol. The van der Waals surface area contributed by atoms with E-state index in [1.165, 1.54) is 7.11 Å². The average Bonchev–Trinajstić information content (AvgIpc) is 2.38. The van der Waals surface area contributed by atoms with E-state index in [0.29, 0.717) is 6.54 Å². The van der Waals surface area contributed by atoms with Gasteiger partial charge in [-0.3, -0.25) is 4.79 Å². The van der Waals surface area contributed by atoms with Gasteiger partial charge in [-0.1, -0.05) is 37.3 Å². The summed E-state index contributed by atoms with van der Waals surface area (Å²) >= 11 is 0. The molecule has 1 N–H and O–H groups in total. The highest BCUT2D eigenvalue weighted by Crippen LogP contribution is 2.15. The fraction of sp³-hybridized carbons (Fsp3) is 0.462. The van der Waals surface area contributed by atoms with Gasteiger partial charge in [0, 0.05) is 6.04 Å². The third-order valence-corrected chi connectivity index (χ3v) is 4.16. The maximum atomic E-state index is 11.9. The number of benzene rings is 1. The molecule has 0 radical (unpaired) electrons. The number of ether oxygens (including phenoxy) is 1. The summed E-state index contributed by atoms with van der Waals surface area (Å²) in [6, 6.07) is 8.98. The molecule has 1 aromatic carbocycles. The molecule has 0 spiro atoms. The van der Waals surface area contributed by atoms with Gasteiger partial charge in [0.25, 0.3) is 0 Å². The Kier molecular flexibility index (Phi) is 5.98. The fourth-order valence-corrected chi connectivity index (χ4v) is 3.17. The molecule has 1 rings (SSSR count). The Morgan fingerprint density at radius 3 is 2.47 bits per heavy atom. The summed E-state index contributed by atoms with van der Waals surface area (Å²) < 4.78 is 28.2. The summed E-state index contributed by atoms with van der Waals surface area (Å²) in [7, 11) is -2.32. The van der Waals surface area contributed by atoms with Crippen LogP contribution in [0.15, 0.2) is 30.3 Å². The zero-order chi connectivity index (χ0) is 14.3. The first-order valence-corrected chi connectivity index (χ1v) is 7.86. The zero-order valence-corrected chi connectivity index (χ0v) is 11.9. The lowest BCUT2D eigenvalue weighted by atomic mass is 10.1. The van der Waals surface area contributed by atoms with Crippen LogP contribution in [0, 0.1) is 0 Å². The molecule has 19 heavy (non-hydrogen) atoms. The van der Waals surface area contributed by atoms with Crippen LogP contribution in [0.25, 0.3) is 0 Å². The number of methoxy groups -OCH3 is 1. The Bertz CT molecular complexity index is 499. The topological polar surface area (TPSA) is 72.5 Å². The minimum absolute atomic E-state index is 0.125. The molecule has 106 valence electrons. The average molecular weight is 285 g/mol. The summed E-state index contributed by atoms with van der Waals surface area (Å²) in [5.41, 5.74) is 0.887. The Morgan fingerprint density at radius 2 is 1.95 bits per heavy atom. The minimum atomic E-state index is -3.50. The highest BCUT2D eigenvalue weighted by Gasteiger charge is 2.23. The largest absolute Gasteiger partial charge is 0.468 e. The van der Waals surface area contributed by atoms with Crippen molar-refractivity contribution in [1.82, 2.24) is 5.32 Å². The summed E-state index contributed by atoms with van der Waals surface area (Å²) in [6.07, 6.45) is 0. The number of esters is 1. The second-order valence-electron chi connectivity index (χ2n) is 4.15. The number of hydrogen-bond acceptors (Lipinski definition) is 5. The maximum Gasteiger partial charge on any atom is 0.320 e. The van der Waals surface area contributed by atoms with Gasteiger partial charge in [-0.05, 0) is 12.1 Å². The summed E-state index contributed by atoms with van der Waals surface area (Å²) in [5, 5.41) is 3.11. The summed E-state index contributed by atoms with van der Waals surface area (Å²) in [4.78, 5) is 11.1. The number of carbonyl (C=O) groups is 1. The third-order valence-electron chi connectivity index (χ3n) is 2.64. The van der Waals surface area contributed by atoms with E-state index in [2.05, 4.69) is 10.1 Å². The predicted molar refractivity (Wildman–Crippen MR) is 73.5 cm³/mol. The van der Waals surface area contributed by atoms with Gasteiger partial charge in [0.05, 0.1) is 12.9 Å². The van der Waals surface area contributed by atoms with Gasteiger partial charge in [-0.15, -0.1) is 0 Å². The van der Waals surface area contributed by atoms with E-state index < -0.39 is 21.6 Å². The van der Waals surface area contributed by atoms with Crippen molar-refractivity contribution in [2.75, 3.05) is 25.2 Å². The van der Waals surface area contributed by atoms with Gasteiger partial charge in [0.15, 0.2) is 9.84 Å². The predicted octanol–water partition coefficient (Wildman–Crippen LogP) is 0.925. The molecule has 0 aliphatic heterocycles. The van der Waals surface area contributed by atoms with Crippen molar-refractivity contribution in [2.24, 2.45) is 0 Å². The molecule has 0 aliphatic rings. The van der Waals surface area contributed by atoms with Gasteiger partial charge in [0.1, 0.15) is 5.75 Å². The molecule has 0 aromatic heterocycles. The molecule has 0 bridgehead atoms. The molecule has 5 nitrogen and oxygen atoms in total. The maximum absolute atomic E-state index is 11.9. The molecule has 0 aliphatic carbocycles. The summed E-state index contributed by atoms with van der Waals surface area (Å²) in [5.74, 6) is -1.44. The lowest BCUT2D eigenvalue weighted by Gasteiger charge is -2.18. The smallest absolute Gasteiger partial charge is 0.320 e. The van der Waals surface area contributed by atoms with E-state index in [9.17, 15) is 13.2 Å². The van der Waals surface area contributed by atoms with E-state index in [-0.39, 0.29) is 11.8 Å². The van der Waals surface area contributed by atoms with Crippen molar-refractivity contribution in [3.63, 3.8) is 0 Å². The molecule has 0 saturated heterocycles. The van der Waals surface area contributed by atoms with Crippen molar-refractivity contribution < 1.29 is 17.9 Å². The highest BCUT2D eigenvalue weighted by atomic mass is 32.2. The van der Waals surface area contributed by atoms with E-state index >= 15 is 0 Å². The number of carbonyl (C=O) groups excluding carboxylic acids is 1. The third kappa shape index (κ3) is 5.40. The Labute approximate surface area is 113 Å². The summed E-state index contributed by atoms with van der Waals surface area (Å²) in [6.45, 7) is 2.55. The Morgan fingerprint density at radius 1 is 1.32 bits per heavy atom. The fourth-order valence-electron chi connectivity index (χ4n) is 1.76. The van der Waals surface area contributed by atoms with Crippen molar-refractivity contribution in [3.8, 4) is 0 Å². The van der Waals surface area contributed by atoms with Gasteiger partial charge >= 0.3 is 5.97 Å². The van der Waals surface area contributed by atoms with Crippen LogP contribution in [-0.2, 0) is 19.4 Å². The van der Waals surface area contributed by atoms with Crippen molar-refractivity contribution in [2.45, 2.75) is 13.0 Å². The normalized spacial score (nSPS) is 12.9. The molecule has 0 fully saturated rings. The molecule has 1 unspecified atom stereocenters. The van der Waals surface area contributed by atoms with Crippen molar-refractivity contribution >= 4 is 15.8 Å². The van der Waals surface area contributed by atoms with E-state index in [1.54, 1.807) is 0 Å². The zero-order valence-electron chi connectivity index (χ0n) is 11.1. The van der Waals surface area contributed by atoms with Crippen molar-refractivity contribution in [1.29, 1.82) is 0 Å². The Hall–Kier alpha value is -1.40. The van der Waals surface area contributed by atoms with Crippen LogP contribution >= 0.6 is 0 Å². The van der Waals surface area contributed by atoms with Gasteiger partial charge in [-0.2, -0.15) is 0 Å². The number of nitrogens with one attached hydrogen (secondary N) is 1. The first kappa shape index (κ1) is 15.7. The van der Waals surface area contributed by atoms with Crippen LogP contribution in [0.4, 0.5) is 0 Å². The molecule has 0 amide bonds. The highest BCUT2D eigenvalue weighted by molar-refractivity contribution is 7.92. The number of sulfone groups is 1. The molecule has 6 heteroatoms. The standard InChI is InChI=1S/C13H19NO4S/c1-3-14-12(11-7-5-4-6-8-11)9-19(16,17)10-13(15)18-2/h4-8,12,14H,3,9-10H2,1-2H3. The van der Waals surface area contributed by atoms with E-state index in [4.69, 9.17) is 0 Å². The van der Waals surface area contributed by atoms with Gasteiger partial charge < -0.3 is 10.1 Å². The molecule has 1 aromatic rings. The van der Waals surface area contributed by atoms with Crippen molar-refractivity contribution in [3.05, 3.63) is 35.9 Å². The van der Waals surface area contributed by atoms with Crippen LogP contribution in [0.5, 0.6) is 0 Å². The lowest BCUT2D eigenvalue weighted by molar-refractivity contribution is -0.137.